The third-order valence-corrected chi connectivity index (χ3v) is 7.75. The van der Waals surface area contributed by atoms with Gasteiger partial charge in [0.25, 0.3) is 0 Å². The molecule has 5 rings (SSSR count). The van der Waals surface area contributed by atoms with Crippen molar-refractivity contribution in [2.45, 2.75) is 18.4 Å². The number of benzene rings is 2. The van der Waals surface area contributed by atoms with Crippen molar-refractivity contribution < 1.29 is 9.21 Å². The van der Waals surface area contributed by atoms with Crippen LogP contribution in [0.15, 0.2) is 95.0 Å². The van der Waals surface area contributed by atoms with Crippen molar-refractivity contribution in [1.29, 1.82) is 0 Å². The minimum Gasteiger partial charge on any atom is -0.444 e. The van der Waals surface area contributed by atoms with Gasteiger partial charge in [-0.15, -0.1) is 11.3 Å². The number of rotatable bonds is 9. The summed E-state index contributed by atoms with van der Waals surface area (Å²) in [4.78, 5) is 24.5. The molecule has 0 bridgehead atoms. The first-order chi connectivity index (χ1) is 17.6. The standard InChI is InChI=1S/C28H24N4O2S2/c1-19-3-4-21(11-23(19)16-32(2)18-33)27-9-10-28(35-27)22-12-24(14-29-13-22)31-36-25-7-5-20(6-8-25)26-15-30-17-34-26/h3-15,17-18,31H,16H2,1-2H3. The Bertz CT molecular complexity index is 1460. The Labute approximate surface area is 218 Å². The lowest BCUT2D eigenvalue weighted by Crippen LogP contribution is -2.15. The fourth-order valence-corrected chi connectivity index (χ4v) is 5.35. The number of aromatic nitrogens is 2. The van der Waals surface area contributed by atoms with Gasteiger partial charge in [-0.25, -0.2) is 4.98 Å². The molecule has 0 radical (unpaired) electrons. The number of pyridine rings is 1. The van der Waals surface area contributed by atoms with Gasteiger partial charge in [0.05, 0.1) is 18.1 Å². The van der Waals surface area contributed by atoms with Crippen molar-refractivity contribution in [1.82, 2.24) is 14.9 Å². The number of nitrogens with zero attached hydrogens (tertiary/aromatic N) is 3. The Kier molecular flexibility index (Phi) is 7.16. The quantitative estimate of drug-likeness (QED) is 0.167. The van der Waals surface area contributed by atoms with Gasteiger partial charge in [-0.2, -0.15) is 0 Å². The molecular formula is C28H24N4O2S2. The van der Waals surface area contributed by atoms with Crippen LogP contribution in [0.25, 0.3) is 32.2 Å². The van der Waals surface area contributed by atoms with Crippen LogP contribution in [-0.2, 0) is 11.3 Å². The van der Waals surface area contributed by atoms with E-state index < -0.39 is 0 Å². The Hall–Kier alpha value is -3.88. The molecule has 2 aromatic carbocycles. The molecule has 0 unspecified atom stereocenters. The number of thiophene rings is 1. The maximum Gasteiger partial charge on any atom is 0.209 e. The number of aryl methyl sites for hydroxylation is 1. The van der Waals surface area contributed by atoms with E-state index in [0.717, 1.165) is 49.9 Å². The largest absolute Gasteiger partial charge is 0.444 e. The van der Waals surface area contributed by atoms with Crippen molar-refractivity contribution in [3.63, 3.8) is 0 Å². The van der Waals surface area contributed by atoms with Crippen LogP contribution in [0.3, 0.4) is 0 Å². The van der Waals surface area contributed by atoms with Gasteiger partial charge in [-0.05, 0) is 72.0 Å². The minimum absolute atomic E-state index is 0.597. The highest BCUT2D eigenvalue weighted by atomic mass is 32.2. The van der Waals surface area contributed by atoms with Crippen LogP contribution in [0, 0.1) is 6.92 Å². The van der Waals surface area contributed by atoms with Crippen LogP contribution in [0.4, 0.5) is 5.69 Å². The zero-order valence-corrected chi connectivity index (χ0v) is 21.5. The predicted molar refractivity (Wildman–Crippen MR) is 147 cm³/mol. The third-order valence-electron chi connectivity index (χ3n) is 5.72. The molecular weight excluding hydrogens is 488 g/mol. The molecule has 3 heterocycles. The smallest absolute Gasteiger partial charge is 0.209 e. The number of hydrogen-bond donors (Lipinski definition) is 1. The highest BCUT2D eigenvalue weighted by Crippen LogP contribution is 2.36. The average molecular weight is 513 g/mol. The van der Waals surface area contributed by atoms with Gasteiger partial charge in [-0.3, -0.25) is 9.78 Å². The molecule has 0 aliphatic rings. The summed E-state index contributed by atoms with van der Waals surface area (Å²) in [5.74, 6) is 0.752. The zero-order valence-electron chi connectivity index (χ0n) is 19.8. The first-order valence-electron chi connectivity index (χ1n) is 11.3. The van der Waals surface area contributed by atoms with Gasteiger partial charge < -0.3 is 14.0 Å². The molecule has 36 heavy (non-hydrogen) atoms. The highest BCUT2D eigenvalue weighted by Gasteiger charge is 2.10. The first kappa shape index (κ1) is 23.8. The molecule has 180 valence electrons. The van der Waals surface area contributed by atoms with Gasteiger partial charge >= 0.3 is 0 Å². The van der Waals surface area contributed by atoms with Gasteiger partial charge in [0.2, 0.25) is 6.41 Å². The Balaban J connectivity index is 1.28. The van der Waals surface area contributed by atoms with Crippen molar-refractivity contribution in [2.24, 2.45) is 0 Å². The molecule has 0 saturated carbocycles. The molecule has 1 N–H and O–H groups in total. The van der Waals surface area contributed by atoms with E-state index in [1.165, 1.54) is 28.8 Å². The summed E-state index contributed by atoms with van der Waals surface area (Å²) in [6, 6.07) is 20.9. The Morgan fingerprint density at radius 1 is 0.944 bits per heavy atom. The van der Waals surface area contributed by atoms with E-state index in [0.29, 0.717) is 6.54 Å². The third kappa shape index (κ3) is 5.50. The fourth-order valence-electron chi connectivity index (χ4n) is 3.74. The second-order valence-electron chi connectivity index (χ2n) is 8.38. The molecule has 0 aliphatic heterocycles. The van der Waals surface area contributed by atoms with E-state index in [-0.39, 0.29) is 0 Å². The molecule has 0 fully saturated rings. The summed E-state index contributed by atoms with van der Waals surface area (Å²) in [5, 5.41) is 0. The van der Waals surface area contributed by atoms with Gasteiger partial charge in [0.1, 0.15) is 0 Å². The van der Waals surface area contributed by atoms with Crippen LogP contribution in [0.1, 0.15) is 11.1 Å². The minimum atomic E-state index is 0.597. The van der Waals surface area contributed by atoms with Crippen LogP contribution < -0.4 is 4.72 Å². The Morgan fingerprint density at radius 3 is 2.47 bits per heavy atom. The second-order valence-corrected chi connectivity index (χ2v) is 10.3. The van der Waals surface area contributed by atoms with E-state index in [2.05, 4.69) is 58.0 Å². The summed E-state index contributed by atoms with van der Waals surface area (Å²) in [7, 11) is 1.79. The van der Waals surface area contributed by atoms with Crippen LogP contribution in [0.2, 0.25) is 0 Å². The molecule has 0 spiro atoms. The summed E-state index contributed by atoms with van der Waals surface area (Å²) in [6.45, 7) is 2.67. The Morgan fingerprint density at radius 2 is 1.72 bits per heavy atom. The highest BCUT2D eigenvalue weighted by molar-refractivity contribution is 8.00. The summed E-state index contributed by atoms with van der Waals surface area (Å²) in [6.07, 6.45) is 7.71. The van der Waals surface area contributed by atoms with E-state index in [1.54, 1.807) is 29.5 Å². The number of carbonyl (C=O) groups excluding carboxylic acids is 1. The first-order valence-corrected chi connectivity index (χ1v) is 12.9. The summed E-state index contributed by atoms with van der Waals surface area (Å²) in [5.41, 5.74) is 6.46. The van der Waals surface area contributed by atoms with Crippen molar-refractivity contribution in [2.75, 3.05) is 11.8 Å². The molecule has 0 atom stereocenters. The lowest BCUT2D eigenvalue weighted by molar-refractivity contribution is -0.117. The normalized spacial score (nSPS) is 10.8. The molecule has 0 saturated heterocycles. The molecule has 6 nitrogen and oxygen atoms in total. The van der Waals surface area contributed by atoms with E-state index in [9.17, 15) is 4.79 Å². The lowest BCUT2D eigenvalue weighted by Gasteiger charge is -2.13. The number of nitrogens with one attached hydrogen (secondary N) is 1. The lowest BCUT2D eigenvalue weighted by atomic mass is 10.0. The number of carbonyl (C=O) groups is 1. The van der Waals surface area contributed by atoms with Crippen LogP contribution >= 0.6 is 23.3 Å². The summed E-state index contributed by atoms with van der Waals surface area (Å²) < 4.78 is 8.74. The maximum atomic E-state index is 11.1. The van der Waals surface area contributed by atoms with Crippen LogP contribution in [-0.4, -0.2) is 28.3 Å². The molecule has 8 heteroatoms. The van der Waals surface area contributed by atoms with E-state index in [4.69, 9.17) is 4.42 Å². The molecule has 3 aromatic heterocycles. The zero-order chi connectivity index (χ0) is 24.9. The molecule has 5 aromatic rings. The number of oxazole rings is 1. The van der Waals surface area contributed by atoms with Gasteiger partial charge in [-0.1, -0.05) is 24.3 Å². The molecule has 0 aliphatic carbocycles. The number of amides is 1. The fraction of sp³-hybridized carbons (Fsp3) is 0.107. The topological polar surface area (TPSA) is 71.3 Å². The number of anilines is 1. The average Bonchev–Trinajstić information content (AvgIpc) is 3.62. The van der Waals surface area contributed by atoms with E-state index in [1.807, 2.05) is 36.7 Å². The monoisotopic (exact) mass is 512 g/mol. The second kappa shape index (κ2) is 10.8. The predicted octanol–water partition coefficient (Wildman–Crippen LogP) is 7.15. The summed E-state index contributed by atoms with van der Waals surface area (Å²) >= 11 is 3.26. The van der Waals surface area contributed by atoms with Crippen molar-refractivity contribution in [3.05, 3.63) is 96.8 Å². The SMILES string of the molecule is Cc1ccc(-c2ccc(-c3cncc(NSc4ccc(-c5cnco5)cc4)c3)s2)cc1CN(C)C=O. The maximum absolute atomic E-state index is 11.1. The van der Waals surface area contributed by atoms with Crippen molar-refractivity contribution >= 4 is 35.4 Å². The molecule has 1 amide bonds. The van der Waals surface area contributed by atoms with Crippen molar-refractivity contribution in [3.8, 4) is 32.2 Å². The van der Waals surface area contributed by atoms with E-state index >= 15 is 0 Å². The van der Waals surface area contributed by atoms with Crippen LogP contribution in [0.5, 0.6) is 0 Å². The van der Waals surface area contributed by atoms with Gasteiger partial charge in [0, 0.05) is 45.6 Å². The van der Waals surface area contributed by atoms with Gasteiger partial charge in [0.15, 0.2) is 12.2 Å². The number of hydrogen-bond acceptors (Lipinski definition) is 7.